The lowest BCUT2D eigenvalue weighted by Gasteiger charge is -2.36. The molecule has 0 unspecified atom stereocenters. The lowest BCUT2D eigenvalue weighted by Crippen LogP contribution is -2.48. The zero-order chi connectivity index (χ0) is 13.0. The molecule has 0 bridgehead atoms. The van der Waals surface area contributed by atoms with Crippen LogP contribution in [0.1, 0.15) is 6.42 Å². The summed E-state index contributed by atoms with van der Waals surface area (Å²) < 4.78 is 0. The molecular formula is C13H17ClN2O2. The average molecular weight is 269 g/mol. The van der Waals surface area contributed by atoms with Crippen LogP contribution in [-0.4, -0.2) is 48.7 Å². The highest BCUT2D eigenvalue weighted by atomic mass is 35.5. The first-order chi connectivity index (χ1) is 8.70. The van der Waals surface area contributed by atoms with Gasteiger partial charge in [-0.05, 0) is 18.2 Å². The van der Waals surface area contributed by atoms with E-state index in [9.17, 15) is 4.79 Å². The van der Waals surface area contributed by atoms with Crippen LogP contribution < -0.4 is 4.90 Å². The number of carbonyl (C=O) groups excluding carboxylic acids is 1. The summed E-state index contributed by atoms with van der Waals surface area (Å²) in [6.45, 7) is 2.93. The maximum atomic E-state index is 11.6. The summed E-state index contributed by atoms with van der Waals surface area (Å²) in [5.74, 6) is 0.0308. The molecule has 5 heteroatoms. The Kier molecular flexibility index (Phi) is 4.44. The first-order valence-electron chi connectivity index (χ1n) is 6.10. The summed E-state index contributed by atoms with van der Waals surface area (Å²) in [7, 11) is 0. The minimum Gasteiger partial charge on any atom is -0.396 e. The lowest BCUT2D eigenvalue weighted by molar-refractivity contribution is -0.132. The van der Waals surface area contributed by atoms with Crippen LogP contribution in [0, 0.1) is 0 Å². The smallest absolute Gasteiger partial charge is 0.225 e. The number of rotatable bonds is 3. The number of aliphatic hydroxyl groups is 1. The molecule has 1 aliphatic rings. The molecule has 1 amide bonds. The standard InChI is InChI=1S/C13H17ClN2O2/c14-11-2-1-3-12(10-11)15-5-7-16(8-6-15)13(18)4-9-17/h1-3,10,17H,4-9H2. The van der Waals surface area contributed by atoms with Gasteiger partial charge in [0.2, 0.25) is 5.91 Å². The fourth-order valence-electron chi connectivity index (χ4n) is 2.14. The Morgan fingerprint density at radius 1 is 1.28 bits per heavy atom. The second-order valence-corrected chi connectivity index (χ2v) is 4.76. The van der Waals surface area contributed by atoms with Gasteiger partial charge >= 0.3 is 0 Å². The van der Waals surface area contributed by atoms with Gasteiger partial charge in [-0.1, -0.05) is 17.7 Å². The highest BCUT2D eigenvalue weighted by molar-refractivity contribution is 6.30. The molecule has 1 N–H and O–H groups in total. The minimum atomic E-state index is -0.0761. The van der Waals surface area contributed by atoms with Crippen molar-refractivity contribution >= 4 is 23.2 Å². The molecule has 0 atom stereocenters. The van der Waals surface area contributed by atoms with Crippen molar-refractivity contribution in [2.24, 2.45) is 0 Å². The van der Waals surface area contributed by atoms with Crippen LogP contribution in [0.3, 0.4) is 0 Å². The van der Waals surface area contributed by atoms with Crippen molar-refractivity contribution in [3.63, 3.8) is 0 Å². The third kappa shape index (κ3) is 3.15. The van der Waals surface area contributed by atoms with Crippen LogP contribution in [0.4, 0.5) is 5.69 Å². The minimum absolute atomic E-state index is 0.0308. The van der Waals surface area contributed by atoms with E-state index in [0.29, 0.717) is 13.1 Å². The SMILES string of the molecule is O=C(CCO)N1CCN(c2cccc(Cl)c2)CC1. The van der Waals surface area contributed by atoms with Gasteiger partial charge in [-0.15, -0.1) is 0 Å². The molecule has 1 aliphatic heterocycles. The van der Waals surface area contributed by atoms with Crippen molar-refractivity contribution < 1.29 is 9.90 Å². The highest BCUT2D eigenvalue weighted by Crippen LogP contribution is 2.20. The number of benzene rings is 1. The summed E-state index contributed by atoms with van der Waals surface area (Å²) in [4.78, 5) is 15.6. The molecule has 0 spiro atoms. The summed E-state index contributed by atoms with van der Waals surface area (Å²) in [6, 6.07) is 7.75. The van der Waals surface area contributed by atoms with E-state index in [0.717, 1.165) is 23.8 Å². The number of hydrogen-bond donors (Lipinski definition) is 1. The number of aliphatic hydroxyl groups excluding tert-OH is 1. The Morgan fingerprint density at radius 3 is 2.61 bits per heavy atom. The molecule has 4 nitrogen and oxygen atoms in total. The van der Waals surface area contributed by atoms with Gasteiger partial charge in [-0.2, -0.15) is 0 Å². The quantitative estimate of drug-likeness (QED) is 0.901. The van der Waals surface area contributed by atoms with Gasteiger partial charge in [0.15, 0.2) is 0 Å². The average Bonchev–Trinajstić information content (AvgIpc) is 2.39. The molecule has 1 fully saturated rings. The van der Waals surface area contributed by atoms with Crippen LogP contribution in [0.5, 0.6) is 0 Å². The van der Waals surface area contributed by atoms with Gasteiger partial charge < -0.3 is 14.9 Å². The summed E-state index contributed by atoms with van der Waals surface area (Å²) in [5, 5.41) is 9.48. The van der Waals surface area contributed by atoms with Crippen LogP contribution in [-0.2, 0) is 4.79 Å². The molecule has 1 heterocycles. The van der Waals surface area contributed by atoms with Crippen LogP contribution >= 0.6 is 11.6 Å². The molecule has 0 radical (unpaired) electrons. The molecule has 0 aromatic heterocycles. The number of halogens is 1. The number of anilines is 1. The van der Waals surface area contributed by atoms with E-state index in [1.54, 1.807) is 4.90 Å². The molecule has 1 aromatic carbocycles. The number of hydrogen-bond acceptors (Lipinski definition) is 3. The predicted molar refractivity (Wildman–Crippen MR) is 71.9 cm³/mol. The lowest BCUT2D eigenvalue weighted by atomic mass is 10.2. The molecule has 2 rings (SSSR count). The van der Waals surface area contributed by atoms with Crippen molar-refractivity contribution in [1.29, 1.82) is 0 Å². The van der Waals surface area contributed by atoms with Gasteiger partial charge in [-0.25, -0.2) is 0 Å². The predicted octanol–water partition coefficient (Wildman–Crippen LogP) is 1.37. The summed E-state index contributed by atoms with van der Waals surface area (Å²) in [5.41, 5.74) is 1.09. The van der Waals surface area contributed by atoms with Crippen molar-refractivity contribution in [1.82, 2.24) is 4.90 Å². The van der Waals surface area contributed by atoms with Gasteiger partial charge in [0.25, 0.3) is 0 Å². The third-order valence-electron chi connectivity index (χ3n) is 3.13. The molecule has 0 aliphatic carbocycles. The third-order valence-corrected chi connectivity index (χ3v) is 3.37. The fourth-order valence-corrected chi connectivity index (χ4v) is 2.33. The maximum Gasteiger partial charge on any atom is 0.225 e. The zero-order valence-electron chi connectivity index (χ0n) is 10.2. The largest absolute Gasteiger partial charge is 0.396 e. The van der Waals surface area contributed by atoms with Gasteiger partial charge in [-0.3, -0.25) is 4.79 Å². The Bertz CT molecular complexity index is 417. The molecular weight excluding hydrogens is 252 g/mol. The second kappa shape index (κ2) is 6.07. The molecule has 0 saturated carbocycles. The van der Waals surface area contributed by atoms with E-state index in [-0.39, 0.29) is 18.9 Å². The van der Waals surface area contributed by atoms with Crippen LogP contribution in [0.15, 0.2) is 24.3 Å². The first kappa shape index (κ1) is 13.2. The number of carbonyl (C=O) groups is 1. The van der Waals surface area contributed by atoms with E-state index >= 15 is 0 Å². The van der Waals surface area contributed by atoms with E-state index in [1.165, 1.54) is 0 Å². The first-order valence-corrected chi connectivity index (χ1v) is 6.47. The molecule has 1 aromatic rings. The number of amides is 1. The van der Waals surface area contributed by atoms with E-state index < -0.39 is 0 Å². The molecule has 1 saturated heterocycles. The second-order valence-electron chi connectivity index (χ2n) is 4.32. The maximum absolute atomic E-state index is 11.6. The van der Waals surface area contributed by atoms with Crippen LogP contribution in [0.2, 0.25) is 5.02 Å². The number of piperazine rings is 1. The fraction of sp³-hybridized carbons (Fsp3) is 0.462. The van der Waals surface area contributed by atoms with E-state index in [1.807, 2.05) is 24.3 Å². The van der Waals surface area contributed by atoms with Crippen LogP contribution in [0.25, 0.3) is 0 Å². The van der Waals surface area contributed by atoms with Crippen molar-refractivity contribution in [3.05, 3.63) is 29.3 Å². The summed E-state index contributed by atoms with van der Waals surface area (Å²) in [6.07, 6.45) is 0.219. The molecule has 98 valence electrons. The van der Waals surface area contributed by atoms with Gasteiger partial charge in [0.05, 0.1) is 6.61 Å². The topological polar surface area (TPSA) is 43.8 Å². The Hall–Kier alpha value is -1.26. The van der Waals surface area contributed by atoms with E-state index in [4.69, 9.17) is 16.7 Å². The van der Waals surface area contributed by atoms with Crippen molar-refractivity contribution in [2.45, 2.75) is 6.42 Å². The van der Waals surface area contributed by atoms with E-state index in [2.05, 4.69) is 4.90 Å². The van der Waals surface area contributed by atoms with Crippen molar-refractivity contribution in [3.8, 4) is 0 Å². The number of nitrogens with zero attached hydrogens (tertiary/aromatic N) is 2. The van der Waals surface area contributed by atoms with Gasteiger partial charge in [0, 0.05) is 43.3 Å². The Labute approximate surface area is 112 Å². The van der Waals surface area contributed by atoms with Crippen molar-refractivity contribution in [2.75, 3.05) is 37.7 Å². The molecule has 18 heavy (non-hydrogen) atoms. The summed E-state index contributed by atoms with van der Waals surface area (Å²) >= 11 is 5.97. The Balaban J connectivity index is 1.92. The van der Waals surface area contributed by atoms with Gasteiger partial charge in [0.1, 0.15) is 0 Å². The highest BCUT2D eigenvalue weighted by Gasteiger charge is 2.20. The Morgan fingerprint density at radius 2 is 2.00 bits per heavy atom. The zero-order valence-corrected chi connectivity index (χ0v) is 10.9. The monoisotopic (exact) mass is 268 g/mol. The normalized spacial score (nSPS) is 15.9.